The van der Waals surface area contributed by atoms with Crippen LogP contribution < -0.4 is 10.6 Å². The van der Waals surface area contributed by atoms with Crippen LogP contribution in [0, 0.1) is 5.82 Å². The highest BCUT2D eigenvalue weighted by Gasteiger charge is 2.04. The summed E-state index contributed by atoms with van der Waals surface area (Å²) in [6.45, 7) is 0.370. The maximum absolute atomic E-state index is 13.5. The SMILES string of the molecule is O=C(NCCc1ccccc1F)Nc1ccc(-c2ccccc2)cc1. The molecule has 0 atom stereocenters. The summed E-state index contributed by atoms with van der Waals surface area (Å²) in [6, 6.07) is 24.0. The van der Waals surface area contributed by atoms with Gasteiger partial charge < -0.3 is 10.6 Å². The Morgan fingerprint density at radius 1 is 0.800 bits per heavy atom. The van der Waals surface area contributed by atoms with E-state index in [1.54, 1.807) is 18.2 Å². The normalized spacial score (nSPS) is 10.3. The standard InChI is InChI=1S/C21H19FN2O/c22-20-9-5-4-8-18(20)14-15-23-21(25)24-19-12-10-17(11-13-19)16-6-2-1-3-7-16/h1-13H,14-15H2,(H2,23,24,25). The van der Waals surface area contributed by atoms with Crippen molar-refractivity contribution in [2.24, 2.45) is 0 Å². The fourth-order valence-corrected chi connectivity index (χ4v) is 2.56. The van der Waals surface area contributed by atoms with Gasteiger partial charge in [-0.2, -0.15) is 0 Å². The zero-order valence-electron chi connectivity index (χ0n) is 13.7. The number of halogens is 1. The molecule has 3 nitrogen and oxygen atoms in total. The van der Waals surface area contributed by atoms with Crippen LogP contribution in [0.3, 0.4) is 0 Å². The zero-order chi connectivity index (χ0) is 17.5. The molecule has 0 aromatic heterocycles. The van der Waals surface area contributed by atoms with Gasteiger partial charge in [0, 0.05) is 12.2 Å². The number of hydrogen-bond acceptors (Lipinski definition) is 1. The van der Waals surface area contributed by atoms with Crippen molar-refractivity contribution in [3.8, 4) is 11.1 Å². The van der Waals surface area contributed by atoms with Crippen molar-refractivity contribution >= 4 is 11.7 Å². The molecule has 126 valence electrons. The molecule has 0 spiro atoms. The molecule has 0 aliphatic carbocycles. The molecule has 2 amide bonds. The van der Waals surface area contributed by atoms with Crippen molar-refractivity contribution < 1.29 is 9.18 Å². The number of urea groups is 1. The van der Waals surface area contributed by atoms with Crippen molar-refractivity contribution in [2.75, 3.05) is 11.9 Å². The minimum absolute atomic E-state index is 0.249. The number of carbonyl (C=O) groups is 1. The Kier molecular flexibility index (Phi) is 5.42. The first-order valence-corrected chi connectivity index (χ1v) is 8.16. The second-order valence-corrected chi connectivity index (χ2v) is 5.67. The Morgan fingerprint density at radius 3 is 2.16 bits per heavy atom. The van der Waals surface area contributed by atoms with Crippen molar-refractivity contribution in [1.82, 2.24) is 5.32 Å². The number of amides is 2. The number of benzene rings is 3. The smallest absolute Gasteiger partial charge is 0.319 e. The molecule has 25 heavy (non-hydrogen) atoms. The van der Waals surface area contributed by atoms with E-state index in [0.717, 1.165) is 11.1 Å². The van der Waals surface area contributed by atoms with E-state index in [1.807, 2.05) is 54.6 Å². The molecular formula is C21H19FN2O. The molecule has 0 bridgehead atoms. The lowest BCUT2D eigenvalue weighted by Gasteiger charge is -2.09. The summed E-state index contributed by atoms with van der Waals surface area (Å²) in [6.07, 6.45) is 0.451. The maximum atomic E-state index is 13.5. The first-order chi connectivity index (χ1) is 12.2. The summed E-state index contributed by atoms with van der Waals surface area (Å²) in [7, 11) is 0. The van der Waals surface area contributed by atoms with E-state index in [2.05, 4.69) is 10.6 Å². The molecule has 0 radical (unpaired) electrons. The van der Waals surface area contributed by atoms with E-state index < -0.39 is 0 Å². The van der Waals surface area contributed by atoms with Gasteiger partial charge >= 0.3 is 6.03 Å². The highest BCUT2D eigenvalue weighted by molar-refractivity contribution is 5.89. The summed E-state index contributed by atoms with van der Waals surface area (Å²) in [4.78, 5) is 11.9. The summed E-state index contributed by atoms with van der Waals surface area (Å²) < 4.78 is 13.5. The molecule has 3 aromatic carbocycles. The predicted octanol–water partition coefficient (Wildman–Crippen LogP) is 4.86. The molecular weight excluding hydrogens is 315 g/mol. The summed E-state index contributed by atoms with van der Waals surface area (Å²) in [5.41, 5.74) is 3.52. The number of carbonyl (C=O) groups excluding carboxylic acids is 1. The molecule has 0 heterocycles. The third-order valence-corrected chi connectivity index (χ3v) is 3.89. The van der Waals surface area contributed by atoms with Crippen LogP contribution in [0.5, 0.6) is 0 Å². The number of anilines is 1. The van der Waals surface area contributed by atoms with Crippen molar-refractivity contribution in [1.29, 1.82) is 0 Å². The minimum Gasteiger partial charge on any atom is -0.338 e. The van der Waals surface area contributed by atoms with Gasteiger partial charge in [0.1, 0.15) is 5.82 Å². The van der Waals surface area contributed by atoms with Gasteiger partial charge in [0.2, 0.25) is 0 Å². The largest absolute Gasteiger partial charge is 0.338 e. The minimum atomic E-state index is -0.302. The van der Waals surface area contributed by atoms with Gasteiger partial charge in [-0.05, 0) is 41.3 Å². The quantitative estimate of drug-likeness (QED) is 0.687. The lowest BCUT2D eigenvalue weighted by atomic mass is 10.1. The Bertz CT molecular complexity index is 832. The number of hydrogen-bond donors (Lipinski definition) is 2. The monoisotopic (exact) mass is 334 g/mol. The molecule has 0 fully saturated rings. The van der Waals surface area contributed by atoms with Crippen LogP contribution in [0.4, 0.5) is 14.9 Å². The average molecular weight is 334 g/mol. The average Bonchev–Trinajstić information content (AvgIpc) is 2.65. The van der Waals surface area contributed by atoms with Gasteiger partial charge in [0.25, 0.3) is 0 Å². The second kappa shape index (κ2) is 8.11. The number of nitrogens with one attached hydrogen (secondary N) is 2. The van der Waals surface area contributed by atoms with E-state index >= 15 is 0 Å². The summed E-state index contributed by atoms with van der Waals surface area (Å²) in [5.74, 6) is -0.249. The highest BCUT2D eigenvalue weighted by atomic mass is 19.1. The zero-order valence-corrected chi connectivity index (χ0v) is 13.7. The van der Waals surface area contributed by atoms with Crippen LogP contribution in [-0.4, -0.2) is 12.6 Å². The van der Waals surface area contributed by atoms with Gasteiger partial charge in [-0.3, -0.25) is 0 Å². The Balaban J connectivity index is 1.50. The van der Waals surface area contributed by atoms with Crippen LogP contribution in [0.2, 0.25) is 0 Å². The van der Waals surface area contributed by atoms with Crippen LogP contribution in [0.25, 0.3) is 11.1 Å². The van der Waals surface area contributed by atoms with Gasteiger partial charge in [-0.25, -0.2) is 9.18 Å². The third-order valence-electron chi connectivity index (χ3n) is 3.89. The molecule has 0 saturated carbocycles. The maximum Gasteiger partial charge on any atom is 0.319 e. The lowest BCUT2D eigenvalue weighted by molar-refractivity contribution is 0.252. The fraction of sp³-hybridized carbons (Fsp3) is 0.0952. The Labute approximate surface area is 146 Å². The molecule has 0 saturated heterocycles. The van der Waals surface area contributed by atoms with Gasteiger partial charge in [0.15, 0.2) is 0 Å². The molecule has 3 aromatic rings. The Hall–Kier alpha value is -3.14. The van der Waals surface area contributed by atoms with E-state index in [-0.39, 0.29) is 11.8 Å². The molecule has 4 heteroatoms. The van der Waals surface area contributed by atoms with E-state index in [9.17, 15) is 9.18 Å². The van der Waals surface area contributed by atoms with Gasteiger partial charge in [-0.1, -0.05) is 60.7 Å². The first-order valence-electron chi connectivity index (χ1n) is 8.16. The van der Waals surface area contributed by atoms with Crippen molar-refractivity contribution in [3.63, 3.8) is 0 Å². The van der Waals surface area contributed by atoms with Gasteiger partial charge in [0.05, 0.1) is 0 Å². The summed E-state index contributed by atoms with van der Waals surface area (Å²) in [5, 5.41) is 5.51. The molecule has 0 unspecified atom stereocenters. The molecule has 3 rings (SSSR count). The molecule has 0 aliphatic heterocycles. The highest BCUT2D eigenvalue weighted by Crippen LogP contribution is 2.20. The second-order valence-electron chi connectivity index (χ2n) is 5.67. The van der Waals surface area contributed by atoms with Crippen molar-refractivity contribution in [2.45, 2.75) is 6.42 Å². The van der Waals surface area contributed by atoms with Crippen LogP contribution >= 0.6 is 0 Å². The van der Waals surface area contributed by atoms with Gasteiger partial charge in [-0.15, -0.1) is 0 Å². The van der Waals surface area contributed by atoms with Crippen LogP contribution in [0.1, 0.15) is 5.56 Å². The first kappa shape index (κ1) is 16.7. The van der Waals surface area contributed by atoms with E-state index in [0.29, 0.717) is 24.2 Å². The predicted molar refractivity (Wildman–Crippen MR) is 99.0 cm³/mol. The van der Waals surface area contributed by atoms with E-state index in [4.69, 9.17) is 0 Å². The van der Waals surface area contributed by atoms with Crippen LogP contribution in [-0.2, 0) is 6.42 Å². The number of rotatable bonds is 5. The molecule has 2 N–H and O–H groups in total. The topological polar surface area (TPSA) is 41.1 Å². The third kappa shape index (κ3) is 4.67. The summed E-state index contributed by atoms with van der Waals surface area (Å²) >= 11 is 0. The fourth-order valence-electron chi connectivity index (χ4n) is 2.56. The Morgan fingerprint density at radius 2 is 1.44 bits per heavy atom. The molecule has 0 aliphatic rings. The van der Waals surface area contributed by atoms with Crippen molar-refractivity contribution in [3.05, 3.63) is 90.2 Å². The van der Waals surface area contributed by atoms with E-state index in [1.165, 1.54) is 6.07 Å². The van der Waals surface area contributed by atoms with Crippen LogP contribution in [0.15, 0.2) is 78.9 Å². The lowest BCUT2D eigenvalue weighted by Crippen LogP contribution is -2.30.